The maximum absolute atomic E-state index is 13.3. The first kappa shape index (κ1) is 14.9. The van der Waals surface area contributed by atoms with Crippen molar-refractivity contribution in [3.8, 4) is 5.75 Å². The lowest BCUT2D eigenvalue weighted by Gasteiger charge is -2.22. The van der Waals surface area contributed by atoms with Crippen LogP contribution in [0.5, 0.6) is 5.75 Å². The van der Waals surface area contributed by atoms with E-state index in [1.54, 1.807) is 13.2 Å². The number of ether oxygens (including phenoxy) is 1. The minimum Gasteiger partial charge on any atom is -0.496 e. The molecule has 4 heteroatoms. The highest BCUT2D eigenvalue weighted by molar-refractivity contribution is 5.36. The van der Waals surface area contributed by atoms with Gasteiger partial charge in [-0.15, -0.1) is 0 Å². The van der Waals surface area contributed by atoms with Crippen molar-refractivity contribution in [3.05, 3.63) is 29.6 Å². The lowest BCUT2D eigenvalue weighted by Crippen LogP contribution is -2.34. The van der Waals surface area contributed by atoms with Gasteiger partial charge in [0.05, 0.1) is 13.2 Å². The van der Waals surface area contributed by atoms with Crippen LogP contribution in [0, 0.1) is 5.82 Å². The molecule has 1 aromatic carbocycles. The van der Waals surface area contributed by atoms with Gasteiger partial charge in [-0.3, -0.25) is 0 Å². The minimum absolute atomic E-state index is 0.0109. The number of hydrogen-bond donors (Lipinski definition) is 2. The fourth-order valence-electron chi connectivity index (χ4n) is 2.03. The van der Waals surface area contributed by atoms with Crippen LogP contribution in [0.4, 0.5) is 4.39 Å². The predicted octanol–water partition coefficient (Wildman–Crippen LogP) is 2.43. The van der Waals surface area contributed by atoms with Gasteiger partial charge in [-0.25, -0.2) is 4.39 Å². The van der Waals surface area contributed by atoms with Gasteiger partial charge < -0.3 is 15.6 Å². The molecule has 0 bridgehead atoms. The number of rotatable bonds is 6. The predicted molar refractivity (Wildman–Crippen MR) is 70.3 cm³/mol. The van der Waals surface area contributed by atoms with E-state index in [0.717, 1.165) is 5.56 Å². The van der Waals surface area contributed by atoms with Gasteiger partial charge in [0.1, 0.15) is 11.6 Å². The largest absolute Gasteiger partial charge is 0.496 e. The topological polar surface area (TPSA) is 55.5 Å². The zero-order valence-electron chi connectivity index (χ0n) is 11.2. The van der Waals surface area contributed by atoms with Gasteiger partial charge in [-0.1, -0.05) is 13.8 Å². The number of benzene rings is 1. The molecule has 0 aliphatic rings. The summed E-state index contributed by atoms with van der Waals surface area (Å²) in [6, 6.07) is 4.18. The monoisotopic (exact) mass is 255 g/mol. The van der Waals surface area contributed by atoms with Gasteiger partial charge in [0, 0.05) is 6.04 Å². The fourth-order valence-corrected chi connectivity index (χ4v) is 2.03. The number of halogens is 1. The Morgan fingerprint density at radius 3 is 2.67 bits per heavy atom. The van der Waals surface area contributed by atoms with E-state index in [1.165, 1.54) is 12.1 Å². The van der Waals surface area contributed by atoms with Crippen LogP contribution < -0.4 is 10.5 Å². The summed E-state index contributed by atoms with van der Waals surface area (Å²) in [4.78, 5) is 0. The van der Waals surface area contributed by atoms with Crippen molar-refractivity contribution < 1.29 is 14.2 Å². The molecule has 0 spiro atoms. The fraction of sp³-hybridized carbons (Fsp3) is 0.571. The molecule has 0 aliphatic heterocycles. The average Bonchev–Trinajstić information content (AvgIpc) is 2.37. The third kappa shape index (κ3) is 3.68. The van der Waals surface area contributed by atoms with E-state index in [9.17, 15) is 9.50 Å². The van der Waals surface area contributed by atoms with E-state index in [4.69, 9.17) is 10.5 Å². The van der Waals surface area contributed by atoms with Gasteiger partial charge in [-0.05, 0) is 42.5 Å². The Morgan fingerprint density at radius 1 is 1.44 bits per heavy atom. The Bertz CT molecular complexity index is 384. The molecule has 3 atom stereocenters. The van der Waals surface area contributed by atoms with Crippen molar-refractivity contribution >= 4 is 0 Å². The van der Waals surface area contributed by atoms with Crippen molar-refractivity contribution in [2.45, 2.75) is 44.8 Å². The Hall–Kier alpha value is -1.13. The van der Waals surface area contributed by atoms with Crippen molar-refractivity contribution in [2.24, 2.45) is 5.73 Å². The first-order chi connectivity index (χ1) is 8.49. The molecule has 0 amide bonds. The molecular formula is C14H22FNO2. The van der Waals surface area contributed by atoms with Crippen molar-refractivity contribution in [1.29, 1.82) is 0 Å². The molecule has 3 nitrogen and oxygen atoms in total. The van der Waals surface area contributed by atoms with E-state index in [2.05, 4.69) is 0 Å². The summed E-state index contributed by atoms with van der Waals surface area (Å²) in [5, 5.41) is 9.92. The van der Waals surface area contributed by atoms with Gasteiger partial charge in [-0.2, -0.15) is 0 Å². The zero-order valence-corrected chi connectivity index (χ0v) is 11.2. The Balaban J connectivity index is 2.83. The van der Waals surface area contributed by atoms with Crippen LogP contribution in [0.2, 0.25) is 0 Å². The van der Waals surface area contributed by atoms with Gasteiger partial charge in [0.15, 0.2) is 0 Å². The average molecular weight is 255 g/mol. The highest BCUT2D eigenvalue weighted by atomic mass is 19.1. The summed E-state index contributed by atoms with van der Waals surface area (Å²) in [5.74, 6) is 0.330. The van der Waals surface area contributed by atoms with Crippen LogP contribution in [0.15, 0.2) is 18.2 Å². The Morgan fingerprint density at radius 2 is 2.11 bits per heavy atom. The lowest BCUT2D eigenvalue weighted by molar-refractivity contribution is 0.126. The molecule has 102 valence electrons. The van der Waals surface area contributed by atoms with Crippen LogP contribution in [0.25, 0.3) is 0 Å². The quantitative estimate of drug-likeness (QED) is 0.820. The molecule has 1 aromatic rings. The molecule has 0 saturated heterocycles. The Labute approximate surface area is 108 Å². The van der Waals surface area contributed by atoms with E-state index < -0.39 is 6.10 Å². The summed E-state index contributed by atoms with van der Waals surface area (Å²) < 4.78 is 18.5. The summed E-state index contributed by atoms with van der Waals surface area (Å²) in [6.07, 6.45) is 0.626. The van der Waals surface area contributed by atoms with E-state index in [0.29, 0.717) is 18.6 Å². The van der Waals surface area contributed by atoms with Crippen molar-refractivity contribution in [2.75, 3.05) is 7.11 Å². The first-order valence-corrected chi connectivity index (χ1v) is 6.26. The molecule has 1 rings (SSSR count). The van der Waals surface area contributed by atoms with Crippen LogP contribution >= 0.6 is 0 Å². The van der Waals surface area contributed by atoms with Crippen LogP contribution in [0.1, 0.15) is 38.2 Å². The SMILES string of the molecule is CCC(N)C(O)CC(C)c1cc(F)ccc1OC. The molecule has 3 N–H and O–H groups in total. The highest BCUT2D eigenvalue weighted by Crippen LogP contribution is 2.30. The number of aliphatic hydroxyl groups excluding tert-OH is 1. The molecule has 0 heterocycles. The Kier molecular flexibility index (Phi) is 5.56. The van der Waals surface area contributed by atoms with E-state index in [-0.39, 0.29) is 17.8 Å². The third-order valence-electron chi connectivity index (χ3n) is 3.28. The molecule has 0 saturated carbocycles. The molecule has 0 aliphatic carbocycles. The van der Waals surface area contributed by atoms with Gasteiger partial charge in [0.2, 0.25) is 0 Å². The second-order valence-corrected chi connectivity index (χ2v) is 4.66. The number of hydrogen-bond acceptors (Lipinski definition) is 3. The molecule has 18 heavy (non-hydrogen) atoms. The van der Waals surface area contributed by atoms with Crippen molar-refractivity contribution in [1.82, 2.24) is 0 Å². The summed E-state index contributed by atoms with van der Waals surface area (Å²) in [5.41, 5.74) is 6.55. The second kappa shape index (κ2) is 6.71. The van der Waals surface area contributed by atoms with E-state index in [1.807, 2.05) is 13.8 Å². The summed E-state index contributed by atoms with van der Waals surface area (Å²) in [7, 11) is 1.55. The van der Waals surface area contributed by atoms with Crippen LogP contribution in [-0.4, -0.2) is 24.4 Å². The number of nitrogens with two attached hydrogens (primary N) is 1. The molecule has 0 fully saturated rings. The molecule has 0 aromatic heterocycles. The van der Waals surface area contributed by atoms with Crippen molar-refractivity contribution in [3.63, 3.8) is 0 Å². The third-order valence-corrected chi connectivity index (χ3v) is 3.28. The molecular weight excluding hydrogens is 233 g/mol. The number of aliphatic hydroxyl groups is 1. The van der Waals surface area contributed by atoms with Gasteiger partial charge >= 0.3 is 0 Å². The molecule has 0 radical (unpaired) electrons. The lowest BCUT2D eigenvalue weighted by atomic mass is 9.91. The standard InChI is InChI=1S/C14H22FNO2/c1-4-12(16)13(17)7-9(2)11-8-10(15)5-6-14(11)18-3/h5-6,8-9,12-13,17H,4,7,16H2,1-3H3. The highest BCUT2D eigenvalue weighted by Gasteiger charge is 2.20. The summed E-state index contributed by atoms with van der Waals surface area (Å²) >= 11 is 0. The maximum Gasteiger partial charge on any atom is 0.123 e. The zero-order chi connectivity index (χ0) is 13.7. The maximum atomic E-state index is 13.3. The molecule has 3 unspecified atom stereocenters. The van der Waals surface area contributed by atoms with E-state index >= 15 is 0 Å². The van der Waals surface area contributed by atoms with Crippen LogP contribution in [-0.2, 0) is 0 Å². The summed E-state index contributed by atoms with van der Waals surface area (Å²) in [6.45, 7) is 3.87. The first-order valence-electron chi connectivity index (χ1n) is 6.26. The minimum atomic E-state index is -0.585. The second-order valence-electron chi connectivity index (χ2n) is 4.66. The number of methoxy groups -OCH3 is 1. The normalized spacial score (nSPS) is 16.1. The van der Waals surface area contributed by atoms with Gasteiger partial charge in [0.25, 0.3) is 0 Å². The smallest absolute Gasteiger partial charge is 0.123 e. The van der Waals surface area contributed by atoms with Crippen LogP contribution in [0.3, 0.4) is 0 Å².